The van der Waals surface area contributed by atoms with Crippen molar-refractivity contribution < 1.29 is 4.39 Å². The van der Waals surface area contributed by atoms with E-state index < -0.39 is 5.82 Å². The summed E-state index contributed by atoms with van der Waals surface area (Å²) in [6.45, 7) is 0. The van der Waals surface area contributed by atoms with E-state index in [4.69, 9.17) is 34.8 Å². The monoisotopic (exact) mass is 302 g/mol. The Balaban J connectivity index is 2.19. The van der Waals surface area contributed by atoms with Crippen LogP contribution in [0.25, 0.3) is 0 Å². The van der Waals surface area contributed by atoms with Gasteiger partial charge in [0.05, 0.1) is 10.4 Å². The van der Waals surface area contributed by atoms with Crippen LogP contribution >= 0.6 is 34.8 Å². The number of alkyl halides is 1. The van der Waals surface area contributed by atoms with Gasteiger partial charge in [0.2, 0.25) is 0 Å². The molecule has 94 valence electrons. The molecule has 0 saturated heterocycles. The Hall–Kier alpha value is -0.760. The van der Waals surface area contributed by atoms with Crippen molar-refractivity contribution >= 4 is 34.8 Å². The SMILES string of the molecule is Fc1ccc(C(Cl)Cc2ccccc2Cl)cc1Cl. The van der Waals surface area contributed by atoms with Gasteiger partial charge in [-0.15, -0.1) is 11.6 Å². The minimum absolute atomic E-state index is 0.0808. The van der Waals surface area contributed by atoms with E-state index >= 15 is 0 Å². The molecule has 0 aromatic heterocycles. The first-order valence-electron chi connectivity index (χ1n) is 5.40. The van der Waals surface area contributed by atoms with Crippen LogP contribution in [-0.4, -0.2) is 0 Å². The second kappa shape index (κ2) is 5.92. The molecule has 0 bridgehead atoms. The summed E-state index contributed by atoms with van der Waals surface area (Å²) < 4.78 is 13.1. The normalized spacial score (nSPS) is 12.4. The molecule has 0 amide bonds. The minimum atomic E-state index is -0.443. The molecule has 0 radical (unpaired) electrons. The molecular formula is C14H10Cl3F. The summed E-state index contributed by atoms with van der Waals surface area (Å²) in [5, 5.41) is 0.469. The van der Waals surface area contributed by atoms with Crippen LogP contribution in [0.4, 0.5) is 4.39 Å². The van der Waals surface area contributed by atoms with Crippen LogP contribution in [0, 0.1) is 5.82 Å². The summed E-state index contributed by atoms with van der Waals surface area (Å²) >= 11 is 18.1. The van der Waals surface area contributed by atoms with Crippen LogP contribution in [0.15, 0.2) is 42.5 Å². The predicted octanol–water partition coefficient (Wildman–Crippen LogP) is 5.66. The topological polar surface area (TPSA) is 0 Å². The van der Waals surface area contributed by atoms with Gasteiger partial charge in [-0.1, -0.05) is 47.5 Å². The van der Waals surface area contributed by atoms with Crippen molar-refractivity contribution in [1.82, 2.24) is 0 Å². The van der Waals surface area contributed by atoms with E-state index in [-0.39, 0.29) is 10.4 Å². The van der Waals surface area contributed by atoms with E-state index in [2.05, 4.69) is 0 Å². The largest absolute Gasteiger partial charge is 0.205 e. The maximum atomic E-state index is 13.1. The summed E-state index contributed by atoms with van der Waals surface area (Å²) in [7, 11) is 0. The molecule has 0 heterocycles. The Bertz CT molecular complexity index is 554. The molecule has 2 aromatic carbocycles. The third-order valence-electron chi connectivity index (χ3n) is 2.66. The van der Waals surface area contributed by atoms with Gasteiger partial charge in [0, 0.05) is 5.02 Å². The van der Waals surface area contributed by atoms with Crippen LogP contribution in [-0.2, 0) is 6.42 Å². The summed E-state index contributed by atoms with van der Waals surface area (Å²) in [6, 6.07) is 12.0. The molecule has 0 nitrogen and oxygen atoms in total. The van der Waals surface area contributed by atoms with Crippen LogP contribution < -0.4 is 0 Å². The van der Waals surface area contributed by atoms with Gasteiger partial charge in [-0.25, -0.2) is 4.39 Å². The highest BCUT2D eigenvalue weighted by molar-refractivity contribution is 6.31. The highest BCUT2D eigenvalue weighted by atomic mass is 35.5. The minimum Gasteiger partial charge on any atom is -0.205 e. The Morgan fingerprint density at radius 3 is 2.39 bits per heavy atom. The van der Waals surface area contributed by atoms with Crippen LogP contribution in [0.1, 0.15) is 16.5 Å². The fourth-order valence-corrected chi connectivity index (χ4v) is 2.39. The Labute approximate surface area is 120 Å². The molecule has 0 aliphatic rings. The molecule has 1 atom stereocenters. The summed E-state index contributed by atoms with van der Waals surface area (Å²) in [5.41, 5.74) is 1.74. The quantitative estimate of drug-likeness (QED) is 0.642. The second-order valence-electron chi connectivity index (χ2n) is 3.94. The smallest absolute Gasteiger partial charge is 0.141 e. The maximum Gasteiger partial charge on any atom is 0.141 e. The van der Waals surface area contributed by atoms with Gasteiger partial charge in [-0.3, -0.25) is 0 Å². The lowest BCUT2D eigenvalue weighted by molar-refractivity contribution is 0.627. The van der Waals surface area contributed by atoms with Crippen molar-refractivity contribution in [2.75, 3.05) is 0 Å². The van der Waals surface area contributed by atoms with Crippen LogP contribution in [0.3, 0.4) is 0 Å². The molecule has 0 saturated carbocycles. The van der Waals surface area contributed by atoms with Gasteiger partial charge < -0.3 is 0 Å². The zero-order valence-corrected chi connectivity index (χ0v) is 11.6. The van der Waals surface area contributed by atoms with Crippen molar-refractivity contribution in [1.29, 1.82) is 0 Å². The van der Waals surface area contributed by atoms with Gasteiger partial charge in [-0.05, 0) is 35.7 Å². The van der Waals surface area contributed by atoms with Crippen molar-refractivity contribution in [2.24, 2.45) is 0 Å². The molecule has 1 unspecified atom stereocenters. The molecule has 18 heavy (non-hydrogen) atoms. The predicted molar refractivity (Wildman–Crippen MR) is 75.2 cm³/mol. The van der Waals surface area contributed by atoms with Gasteiger partial charge in [0.15, 0.2) is 0 Å². The van der Waals surface area contributed by atoms with Gasteiger partial charge in [-0.2, -0.15) is 0 Å². The molecule has 0 fully saturated rings. The first kappa shape index (κ1) is 13.7. The van der Waals surface area contributed by atoms with E-state index in [1.807, 2.05) is 24.3 Å². The molecular weight excluding hydrogens is 294 g/mol. The van der Waals surface area contributed by atoms with E-state index in [9.17, 15) is 4.39 Å². The standard InChI is InChI=1S/C14H10Cl3F/c15-11-4-2-1-3-9(11)7-12(16)10-5-6-14(18)13(17)8-10/h1-6,8,12H,7H2. The molecule has 2 rings (SSSR count). The Kier molecular flexibility index (Phi) is 4.50. The Morgan fingerprint density at radius 2 is 1.72 bits per heavy atom. The molecule has 0 aliphatic heterocycles. The lowest BCUT2D eigenvalue weighted by Crippen LogP contribution is -1.97. The Morgan fingerprint density at radius 1 is 1.00 bits per heavy atom. The molecule has 0 aliphatic carbocycles. The van der Waals surface area contributed by atoms with Crippen molar-refractivity contribution in [3.8, 4) is 0 Å². The average Bonchev–Trinajstić information content (AvgIpc) is 2.35. The molecule has 2 aromatic rings. The lowest BCUT2D eigenvalue weighted by atomic mass is 10.0. The zero-order valence-electron chi connectivity index (χ0n) is 9.34. The first-order valence-corrected chi connectivity index (χ1v) is 6.59. The van der Waals surface area contributed by atoms with E-state index in [1.54, 1.807) is 12.1 Å². The van der Waals surface area contributed by atoms with E-state index in [1.165, 1.54) is 6.07 Å². The molecule has 0 spiro atoms. The second-order valence-corrected chi connectivity index (χ2v) is 5.28. The van der Waals surface area contributed by atoms with Gasteiger partial charge in [0.25, 0.3) is 0 Å². The van der Waals surface area contributed by atoms with Crippen LogP contribution in [0.2, 0.25) is 10.0 Å². The van der Waals surface area contributed by atoms with Crippen LogP contribution in [0.5, 0.6) is 0 Å². The lowest BCUT2D eigenvalue weighted by Gasteiger charge is -2.11. The van der Waals surface area contributed by atoms with Crippen molar-refractivity contribution in [3.05, 3.63) is 69.5 Å². The third-order valence-corrected chi connectivity index (χ3v) is 3.73. The highest BCUT2D eigenvalue weighted by Crippen LogP contribution is 2.30. The average molecular weight is 304 g/mol. The molecule has 0 N–H and O–H groups in total. The van der Waals surface area contributed by atoms with Gasteiger partial charge in [0.1, 0.15) is 5.82 Å². The fraction of sp³-hybridized carbons (Fsp3) is 0.143. The fourth-order valence-electron chi connectivity index (χ4n) is 1.68. The number of halogens is 4. The van der Waals surface area contributed by atoms with E-state index in [0.29, 0.717) is 11.4 Å². The van der Waals surface area contributed by atoms with Gasteiger partial charge >= 0.3 is 0 Å². The number of hydrogen-bond acceptors (Lipinski definition) is 0. The van der Waals surface area contributed by atoms with E-state index in [0.717, 1.165) is 11.1 Å². The first-order chi connectivity index (χ1) is 8.58. The summed E-state index contributed by atoms with van der Waals surface area (Å²) in [4.78, 5) is 0. The highest BCUT2D eigenvalue weighted by Gasteiger charge is 2.12. The third kappa shape index (κ3) is 3.17. The number of benzene rings is 2. The summed E-state index contributed by atoms with van der Waals surface area (Å²) in [6.07, 6.45) is 0.573. The maximum absolute atomic E-state index is 13.1. The van der Waals surface area contributed by atoms with Crippen molar-refractivity contribution in [2.45, 2.75) is 11.8 Å². The van der Waals surface area contributed by atoms with Crippen molar-refractivity contribution in [3.63, 3.8) is 0 Å². The summed E-state index contributed by atoms with van der Waals surface area (Å²) in [5.74, 6) is -0.443. The number of rotatable bonds is 3. The molecule has 4 heteroatoms. The number of hydrogen-bond donors (Lipinski definition) is 0. The zero-order chi connectivity index (χ0) is 13.1.